The molecule has 20 heavy (non-hydrogen) atoms. The molecule has 1 N–H and O–H groups in total. The molecule has 0 unspecified atom stereocenters. The standard InChI is InChI=1S/C16H21NO3/c1-12-10-13(5-7-15(18)19)4-6-14(12)17-8-9-20-11-16(17,2)3/h4-7,10H,8-9,11H2,1-3H3,(H,18,19). The van der Waals surface area contributed by atoms with Gasteiger partial charge in [0.15, 0.2) is 0 Å². The highest BCUT2D eigenvalue weighted by atomic mass is 16.5. The second-order valence-corrected chi connectivity index (χ2v) is 5.73. The molecule has 0 amide bonds. The number of benzene rings is 1. The van der Waals surface area contributed by atoms with Gasteiger partial charge in [0.05, 0.1) is 18.8 Å². The smallest absolute Gasteiger partial charge is 0.328 e. The number of rotatable bonds is 3. The number of hydrogen-bond acceptors (Lipinski definition) is 3. The van der Waals surface area contributed by atoms with Crippen LogP contribution in [0.1, 0.15) is 25.0 Å². The van der Waals surface area contributed by atoms with E-state index in [4.69, 9.17) is 9.84 Å². The molecule has 2 rings (SSSR count). The van der Waals surface area contributed by atoms with Crippen molar-refractivity contribution in [3.8, 4) is 0 Å². The van der Waals surface area contributed by atoms with Crippen LogP contribution in [0.2, 0.25) is 0 Å². The lowest BCUT2D eigenvalue weighted by atomic mass is 9.99. The van der Waals surface area contributed by atoms with E-state index in [2.05, 4.69) is 31.7 Å². The molecular weight excluding hydrogens is 254 g/mol. The molecule has 1 heterocycles. The van der Waals surface area contributed by atoms with Gasteiger partial charge in [-0.1, -0.05) is 6.07 Å². The predicted octanol–water partition coefficient (Wildman–Crippen LogP) is 2.71. The molecule has 4 nitrogen and oxygen atoms in total. The third kappa shape index (κ3) is 3.20. The van der Waals surface area contributed by atoms with Crippen LogP contribution in [0, 0.1) is 6.92 Å². The number of ether oxygens (including phenoxy) is 1. The van der Waals surface area contributed by atoms with Crippen molar-refractivity contribution in [3.05, 3.63) is 35.4 Å². The molecule has 1 fully saturated rings. The number of aryl methyl sites for hydroxylation is 1. The van der Waals surface area contributed by atoms with Crippen LogP contribution in [-0.2, 0) is 9.53 Å². The highest BCUT2D eigenvalue weighted by molar-refractivity contribution is 5.85. The molecule has 1 aromatic carbocycles. The summed E-state index contributed by atoms with van der Waals surface area (Å²) >= 11 is 0. The van der Waals surface area contributed by atoms with E-state index in [-0.39, 0.29) is 5.54 Å². The fourth-order valence-electron chi connectivity index (χ4n) is 2.56. The Morgan fingerprint density at radius 3 is 2.80 bits per heavy atom. The van der Waals surface area contributed by atoms with Gasteiger partial charge in [0, 0.05) is 18.3 Å². The van der Waals surface area contributed by atoms with Gasteiger partial charge < -0.3 is 14.7 Å². The maximum absolute atomic E-state index is 10.5. The third-order valence-corrected chi connectivity index (χ3v) is 3.58. The lowest BCUT2D eigenvalue weighted by Gasteiger charge is -2.44. The molecule has 1 saturated heterocycles. The summed E-state index contributed by atoms with van der Waals surface area (Å²) in [6.45, 7) is 8.72. The lowest BCUT2D eigenvalue weighted by Crippen LogP contribution is -2.53. The van der Waals surface area contributed by atoms with E-state index in [1.165, 1.54) is 5.69 Å². The molecule has 1 aliphatic heterocycles. The summed E-state index contributed by atoms with van der Waals surface area (Å²) in [4.78, 5) is 12.9. The lowest BCUT2D eigenvalue weighted by molar-refractivity contribution is -0.131. The molecule has 108 valence electrons. The maximum atomic E-state index is 10.5. The van der Waals surface area contributed by atoms with Crippen LogP contribution in [-0.4, -0.2) is 36.4 Å². The highest BCUT2D eigenvalue weighted by Crippen LogP contribution is 2.30. The fraction of sp³-hybridized carbons (Fsp3) is 0.438. The number of anilines is 1. The summed E-state index contributed by atoms with van der Waals surface area (Å²) in [5, 5.41) is 8.66. The molecule has 0 radical (unpaired) electrons. The number of carboxylic acids is 1. The van der Waals surface area contributed by atoms with Crippen LogP contribution in [0.4, 0.5) is 5.69 Å². The van der Waals surface area contributed by atoms with E-state index >= 15 is 0 Å². The first kappa shape index (κ1) is 14.6. The third-order valence-electron chi connectivity index (χ3n) is 3.58. The monoisotopic (exact) mass is 275 g/mol. The topological polar surface area (TPSA) is 49.8 Å². The Bertz CT molecular complexity index is 535. The fourth-order valence-corrected chi connectivity index (χ4v) is 2.56. The van der Waals surface area contributed by atoms with Crippen molar-refractivity contribution in [2.75, 3.05) is 24.7 Å². The van der Waals surface area contributed by atoms with Crippen LogP contribution < -0.4 is 4.90 Å². The maximum Gasteiger partial charge on any atom is 0.328 e. The second-order valence-electron chi connectivity index (χ2n) is 5.73. The van der Waals surface area contributed by atoms with Gasteiger partial charge in [-0.05, 0) is 50.1 Å². The van der Waals surface area contributed by atoms with Crippen molar-refractivity contribution < 1.29 is 14.6 Å². The minimum absolute atomic E-state index is 0.0264. The molecule has 0 bridgehead atoms. The van der Waals surface area contributed by atoms with Gasteiger partial charge in [-0.3, -0.25) is 0 Å². The second kappa shape index (κ2) is 5.67. The Morgan fingerprint density at radius 2 is 2.20 bits per heavy atom. The van der Waals surface area contributed by atoms with Gasteiger partial charge in [0.2, 0.25) is 0 Å². The molecule has 0 atom stereocenters. The van der Waals surface area contributed by atoms with E-state index in [0.29, 0.717) is 6.61 Å². The number of carbonyl (C=O) groups is 1. The molecular formula is C16H21NO3. The first-order valence-corrected chi connectivity index (χ1v) is 6.77. The summed E-state index contributed by atoms with van der Waals surface area (Å²) in [5.74, 6) is -0.930. The van der Waals surface area contributed by atoms with Crippen molar-refractivity contribution in [2.24, 2.45) is 0 Å². The van der Waals surface area contributed by atoms with Gasteiger partial charge in [-0.2, -0.15) is 0 Å². The minimum atomic E-state index is -0.930. The van der Waals surface area contributed by atoms with E-state index < -0.39 is 5.97 Å². The van der Waals surface area contributed by atoms with Crippen LogP contribution in [0.25, 0.3) is 6.08 Å². The zero-order valence-electron chi connectivity index (χ0n) is 12.2. The summed E-state index contributed by atoms with van der Waals surface area (Å²) in [6, 6.07) is 6.03. The van der Waals surface area contributed by atoms with E-state index in [0.717, 1.165) is 30.4 Å². The molecule has 0 saturated carbocycles. The van der Waals surface area contributed by atoms with Crippen molar-refractivity contribution in [1.29, 1.82) is 0 Å². The van der Waals surface area contributed by atoms with E-state index in [1.807, 2.05) is 12.1 Å². The Kier molecular flexibility index (Phi) is 4.14. The predicted molar refractivity (Wildman–Crippen MR) is 80.1 cm³/mol. The normalized spacial score (nSPS) is 18.4. The van der Waals surface area contributed by atoms with Crippen LogP contribution in [0.5, 0.6) is 0 Å². The molecule has 0 aliphatic carbocycles. The van der Waals surface area contributed by atoms with Gasteiger partial charge >= 0.3 is 5.97 Å². The zero-order chi connectivity index (χ0) is 14.8. The summed E-state index contributed by atoms with van der Waals surface area (Å²) in [7, 11) is 0. The molecule has 0 spiro atoms. The number of hydrogen-bond donors (Lipinski definition) is 1. The van der Waals surface area contributed by atoms with Crippen molar-refractivity contribution in [2.45, 2.75) is 26.3 Å². The van der Waals surface area contributed by atoms with Crippen molar-refractivity contribution in [3.63, 3.8) is 0 Å². The number of morpholine rings is 1. The first-order valence-electron chi connectivity index (χ1n) is 6.77. The van der Waals surface area contributed by atoms with Gasteiger partial charge in [0.1, 0.15) is 0 Å². The number of nitrogens with zero attached hydrogens (tertiary/aromatic N) is 1. The Labute approximate surface area is 119 Å². The van der Waals surface area contributed by atoms with Gasteiger partial charge in [-0.25, -0.2) is 4.79 Å². The van der Waals surface area contributed by atoms with Gasteiger partial charge in [-0.15, -0.1) is 0 Å². The van der Waals surface area contributed by atoms with E-state index in [9.17, 15) is 4.79 Å². The van der Waals surface area contributed by atoms with Gasteiger partial charge in [0.25, 0.3) is 0 Å². The summed E-state index contributed by atoms with van der Waals surface area (Å²) in [6.07, 6.45) is 2.77. The van der Waals surface area contributed by atoms with Crippen LogP contribution in [0.15, 0.2) is 24.3 Å². The molecule has 0 aromatic heterocycles. The Balaban J connectivity index is 2.27. The average Bonchev–Trinajstić information content (AvgIpc) is 2.37. The Hall–Kier alpha value is -1.81. The van der Waals surface area contributed by atoms with Crippen LogP contribution in [0.3, 0.4) is 0 Å². The summed E-state index contributed by atoms with van der Waals surface area (Å²) < 4.78 is 5.55. The largest absolute Gasteiger partial charge is 0.478 e. The number of carboxylic acid groups (broad SMARTS) is 1. The molecule has 1 aromatic rings. The number of aliphatic carboxylic acids is 1. The highest BCUT2D eigenvalue weighted by Gasteiger charge is 2.31. The zero-order valence-corrected chi connectivity index (χ0v) is 12.2. The van der Waals surface area contributed by atoms with E-state index in [1.54, 1.807) is 6.08 Å². The minimum Gasteiger partial charge on any atom is -0.478 e. The first-order chi connectivity index (χ1) is 9.40. The Morgan fingerprint density at radius 1 is 1.45 bits per heavy atom. The SMILES string of the molecule is Cc1cc(C=CC(=O)O)ccc1N1CCOCC1(C)C. The van der Waals surface area contributed by atoms with Crippen molar-refractivity contribution >= 4 is 17.7 Å². The summed E-state index contributed by atoms with van der Waals surface area (Å²) in [5.41, 5.74) is 3.21. The molecule has 4 heteroatoms. The average molecular weight is 275 g/mol. The van der Waals surface area contributed by atoms with Crippen LogP contribution >= 0.6 is 0 Å². The quantitative estimate of drug-likeness (QED) is 0.862. The molecule has 1 aliphatic rings. The van der Waals surface area contributed by atoms with Crippen molar-refractivity contribution in [1.82, 2.24) is 0 Å².